The number of hydrogen-bond acceptors (Lipinski definition) is 3. The number of cyclic esters (lactones) is 1. The van der Waals surface area contributed by atoms with Gasteiger partial charge in [-0.05, 0) is 12.8 Å². The van der Waals surface area contributed by atoms with Gasteiger partial charge in [-0.2, -0.15) is 0 Å². The number of carboxylic acids is 1. The molecule has 0 spiro atoms. The lowest BCUT2D eigenvalue weighted by Crippen LogP contribution is -2.25. The molecule has 1 aliphatic heterocycles. The Morgan fingerprint density at radius 3 is 3.00 bits per heavy atom. The van der Waals surface area contributed by atoms with E-state index in [0.29, 0.717) is 12.8 Å². The molecule has 0 aliphatic carbocycles. The Kier molecular flexibility index (Phi) is 2.46. The van der Waals surface area contributed by atoms with Crippen LogP contribution in [0, 0.1) is 0 Å². The van der Waals surface area contributed by atoms with Gasteiger partial charge in [0.25, 0.3) is 0 Å². The fraction of sp³-hybridized carbons (Fsp3) is 0.714. The summed E-state index contributed by atoms with van der Waals surface area (Å²) in [6.45, 7) is 0. The Hall–Kier alpha value is -1.06. The molecule has 0 aromatic rings. The zero-order chi connectivity index (χ0) is 8.27. The molecule has 1 saturated heterocycles. The quantitative estimate of drug-likeness (QED) is 0.596. The minimum atomic E-state index is -0.912. The van der Waals surface area contributed by atoms with Crippen molar-refractivity contribution >= 4 is 11.9 Å². The van der Waals surface area contributed by atoms with Crippen LogP contribution in [-0.2, 0) is 14.3 Å². The van der Waals surface area contributed by atoms with Crippen molar-refractivity contribution in [3.05, 3.63) is 0 Å². The van der Waals surface area contributed by atoms with Crippen LogP contribution in [-0.4, -0.2) is 23.1 Å². The molecule has 1 aliphatic rings. The molecular formula is C7H10O4. The van der Waals surface area contributed by atoms with E-state index in [1.807, 2.05) is 0 Å². The topological polar surface area (TPSA) is 63.6 Å². The van der Waals surface area contributed by atoms with Gasteiger partial charge in [0.15, 0.2) is 0 Å². The molecule has 11 heavy (non-hydrogen) atoms. The summed E-state index contributed by atoms with van der Waals surface area (Å²) in [4.78, 5) is 20.8. The number of carbonyl (C=O) groups excluding carboxylic acids is 1. The smallest absolute Gasteiger partial charge is 0.307 e. The van der Waals surface area contributed by atoms with Gasteiger partial charge < -0.3 is 9.84 Å². The highest BCUT2D eigenvalue weighted by molar-refractivity contribution is 5.72. The first-order valence-electron chi connectivity index (χ1n) is 3.60. The zero-order valence-electron chi connectivity index (χ0n) is 6.08. The minimum Gasteiger partial charge on any atom is -0.481 e. The Morgan fingerprint density at radius 1 is 1.73 bits per heavy atom. The fourth-order valence-corrected chi connectivity index (χ4v) is 1.12. The van der Waals surface area contributed by atoms with Crippen molar-refractivity contribution < 1.29 is 19.4 Å². The van der Waals surface area contributed by atoms with Crippen molar-refractivity contribution in [2.75, 3.05) is 0 Å². The maximum atomic E-state index is 10.6. The van der Waals surface area contributed by atoms with Crippen molar-refractivity contribution in [1.82, 2.24) is 0 Å². The summed E-state index contributed by atoms with van der Waals surface area (Å²) >= 11 is 0. The minimum absolute atomic E-state index is 0.0638. The number of rotatable bonds is 2. The molecule has 1 rings (SSSR count). The lowest BCUT2D eigenvalue weighted by molar-refractivity contribution is -0.157. The summed E-state index contributed by atoms with van der Waals surface area (Å²) in [5, 5.41) is 8.36. The van der Waals surface area contributed by atoms with Gasteiger partial charge in [0.1, 0.15) is 6.10 Å². The molecule has 1 fully saturated rings. The van der Waals surface area contributed by atoms with Gasteiger partial charge >= 0.3 is 11.9 Å². The van der Waals surface area contributed by atoms with Gasteiger partial charge in [-0.1, -0.05) is 0 Å². The molecule has 0 aromatic heterocycles. The third-order valence-electron chi connectivity index (χ3n) is 1.61. The average molecular weight is 158 g/mol. The van der Waals surface area contributed by atoms with Crippen LogP contribution in [0.5, 0.6) is 0 Å². The molecule has 1 unspecified atom stereocenters. The molecule has 0 bridgehead atoms. The average Bonchev–Trinajstić information content (AvgIpc) is 1.85. The van der Waals surface area contributed by atoms with Gasteiger partial charge in [-0.15, -0.1) is 0 Å². The van der Waals surface area contributed by atoms with Crippen LogP contribution in [0.2, 0.25) is 0 Å². The third kappa shape index (κ3) is 2.57. The predicted octanol–water partition coefficient (Wildman–Crippen LogP) is 0.557. The van der Waals surface area contributed by atoms with Gasteiger partial charge in [0.2, 0.25) is 0 Å². The third-order valence-corrected chi connectivity index (χ3v) is 1.61. The molecule has 0 saturated carbocycles. The van der Waals surface area contributed by atoms with E-state index in [0.717, 1.165) is 6.42 Å². The Morgan fingerprint density at radius 2 is 2.45 bits per heavy atom. The van der Waals surface area contributed by atoms with E-state index in [4.69, 9.17) is 9.84 Å². The monoisotopic (exact) mass is 158 g/mol. The van der Waals surface area contributed by atoms with Crippen molar-refractivity contribution in [3.8, 4) is 0 Å². The number of ether oxygens (including phenoxy) is 1. The second-order valence-electron chi connectivity index (χ2n) is 2.60. The summed E-state index contributed by atoms with van der Waals surface area (Å²) in [7, 11) is 0. The van der Waals surface area contributed by atoms with Gasteiger partial charge in [-0.25, -0.2) is 0 Å². The van der Waals surface area contributed by atoms with E-state index >= 15 is 0 Å². The van der Waals surface area contributed by atoms with Crippen LogP contribution in [0.15, 0.2) is 0 Å². The van der Waals surface area contributed by atoms with Crippen LogP contribution in [0.3, 0.4) is 0 Å². The van der Waals surface area contributed by atoms with Gasteiger partial charge in [0, 0.05) is 6.42 Å². The molecule has 4 heteroatoms. The Balaban J connectivity index is 2.34. The van der Waals surface area contributed by atoms with E-state index in [9.17, 15) is 9.59 Å². The Labute approximate surface area is 64.2 Å². The van der Waals surface area contributed by atoms with Gasteiger partial charge in [-0.3, -0.25) is 9.59 Å². The maximum absolute atomic E-state index is 10.6. The summed E-state index contributed by atoms with van der Waals surface area (Å²) in [5.74, 6) is -1.19. The number of carboxylic acid groups (broad SMARTS) is 1. The number of hydrogen-bond donors (Lipinski definition) is 1. The van der Waals surface area contributed by atoms with Crippen LogP contribution in [0.1, 0.15) is 25.7 Å². The first-order chi connectivity index (χ1) is 5.18. The molecule has 1 N–H and O–H groups in total. The lowest BCUT2D eigenvalue weighted by Gasteiger charge is -2.20. The zero-order valence-corrected chi connectivity index (χ0v) is 6.08. The largest absolute Gasteiger partial charge is 0.481 e. The van der Waals surface area contributed by atoms with E-state index in [1.54, 1.807) is 0 Å². The second-order valence-corrected chi connectivity index (χ2v) is 2.60. The van der Waals surface area contributed by atoms with Crippen molar-refractivity contribution in [2.45, 2.75) is 31.8 Å². The highest BCUT2D eigenvalue weighted by atomic mass is 16.5. The normalized spacial score (nSPS) is 24.4. The summed E-state index contributed by atoms with van der Waals surface area (Å²) in [5.41, 5.74) is 0. The molecule has 0 radical (unpaired) electrons. The van der Waals surface area contributed by atoms with Crippen LogP contribution >= 0.6 is 0 Å². The first-order valence-corrected chi connectivity index (χ1v) is 3.60. The molecular weight excluding hydrogens is 148 g/mol. The molecule has 0 amide bonds. The van der Waals surface area contributed by atoms with Crippen LogP contribution in [0.25, 0.3) is 0 Å². The van der Waals surface area contributed by atoms with Crippen LogP contribution < -0.4 is 0 Å². The summed E-state index contributed by atoms with van der Waals surface area (Å²) in [6.07, 6.45) is 1.39. The lowest BCUT2D eigenvalue weighted by atomic mass is 10.1. The molecule has 4 nitrogen and oxygen atoms in total. The maximum Gasteiger partial charge on any atom is 0.307 e. The van der Waals surface area contributed by atoms with E-state index in [2.05, 4.69) is 0 Å². The highest BCUT2D eigenvalue weighted by Crippen LogP contribution is 2.16. The van der Waals surface area contributed by atoms with Crippen molar-refractivity contribution in [3.63, 3.8) is 0 Å². The number of esters is 1. The van der Waals surface area contributed by atoms with Crippen molar-refractivity contribution in [2.24, 2.45) is 0 Å². The SMILES string of the molecule is O=C(O)CC1CCCC(=O)O1. The van der Waals surface area contributed by atoms with E-state index in [1.165, 1.54) is 0 Å². The van der Waals surface area contributed by atoms with E-state index < -0.39 is 12.1 Å². The predicted molar refractivity (Wildman–Crippen MR) is 36.0 cm³/mol. The number of aliphatic carboxylic acids is 1. The van der Waals surface area contributed by atoms with Gasteiger partial charge in [0.05, 0.1) is 6.42 Å². The first kappa shape index (κ1) is 8.04. The standard InChI is InChI=1S/C7H10O4/c8-6(9)4-5-2-1-3-7(10)11-5/h5H,1-4H2,(H,8,9). The molecule has 1 heterocycles. The molecule has 1 atom stereocenters. The number of carbonyl (C=O) groups is 2. The summed E-state index contributed by atoms with van der Waals surface area (Å²) in [6, 6.07) is 0. The highest BCUT2D eigenvalue weighted by Gasteiger charge is 2.22. The summed E-state index contributed by atoms with van der Waals surface area (Å²) < 4.78 is 4.78. The van der Waals surface area contributed by atoms with Crippen LogP contribution in [0.4, 0.5) is 0 Å². The van der Waals surface area contributed by atoms with E-state index in [-0.39, 0.29) is 12.4 Å². The fourth-order valence-electron chi connectivity index (χ4n) is 1.12. The second kappa shape index (κ2) is 3.37. The molecule has 0 aromatic carbocycles. The van der Waals surface area contributed by atoms with Crippen molar-refractivity contribution in [1.29, 1.82) is 0 Å². The Bertz CT molecular complexity index is 173. The molecule has 62 valence electrons.